The van der Waals surface area contributed by atoms with Gasteiger partial charge in [0.25, 0.3) is 0 Å². The van der Waals surface area contributed by atoms with Crippen LogP contribution < -0.4 is 10.6 Å². The maximum atomic E-state index is 5.96. The molecule has 0 aliphatic carbocycles. The third-order valence-corrected chi connectivity index (χ3v) is 5.00. The second-order valence-electron chi connectivity index (χ2n) is 8.51. The van der Waals surface area contributed by atoms with Gasteiger partial charge in [0.05, 0.1) is 5.60 Å². The fourth-order valence-corrected chi connectivity index (χ4v) is 4.29. The van der Waals surface area contributed by atoms with Crippen LogP contribution in [0.2, 0.25) is 0 Å². The lowest BCUT2D eigenvalue weighted by molar-refractivity contribution is -0.0803. The van der Waals surface area contributed by atoms with E-state index in [1.165, 1.54) is 12.8 Å². The Hall–Kier alpha value is -0.120. The summed E-state index contributed by atoms with van der Waals surface area (Å²) < 4.78 is 5.96. The molecule has 0 aromatic carbocycles. The SMILES string of the molecule is CCC1(C)CC(NC2CC(C)(C)NC(C)(C)C2)CCO1. The van der Waals surface area contributed by atoms with Crippen molar-refractivity contribution in [3.8, 4) is 0 Å². The van der Waals surface area contributed by atoms with Crippen LogP contribution in [0.1, 0.15) is 73.6 Å². The van der Waals surface area contributed by atoms with Gasteiger partial charge in [0.2, 0.25) is 0 Å². The number of ether oxygens (including phenoxy) is 1. The highest BCUT2D eigenvalue weighted by Gasteiger charge is 2.39. The third-order valence-electron chi connectivity index (χ3n) is 5.00. The standard InChI is InChI=1S/C17H34N2O/c1-7-17(6)12-13(8-9-20-17)18-14-10-15(2,3)19-16(4,5)11-14/h13-14,18-19H,7-12H2,1-6H3. The monoisotopic (exact) mass is 282 g/mol. The highest BCUT2D eigenvalue weighted by atomic mass is 16.5. The van der Waals surface area contributed by atoms with Crippen molar-refractivity contribution < 1.29 is 4.74 Å². The molecule has 2 fully saturated rings. The van der Waals surface area contributed by atoms with Crippen molar-refractivity contribution in [2.24, 2.45) is 0 Å². The Kier molecular flexibility index (Phi) is 4.54. The Morgan fingerprint density at radius 1 is 1.00 bits per heavy atom. The number of nitrogens with one attached hydrogen (secondary N) is 2. The van der Waals surface area contributed by atoms with Gasteiger partial charge in [-0.05, 0) is 66.7 Å². The van der Waals surface area contributed by atoms with Crippen molar-refractivity contribution in [2.75, 3.05) is 6.61 Å². The van der Waals surface area contributed by atoms with Gasteiger partial charge in [-0.25, -0.2) is 0 Å². The molecule has 0 amide bonds. The number of rotatable bonds is 3. The molecule has 3 heteroatoms. The minimum absolute atomic E-state index is 0.0773. The molecule has 118 valence electrons. The molecule has 2 atom stereocenters. The molecule has 0 aromatic rings. The highest BCUT2D eigenvalue weighted by Crippen LogP contribution is 2.32. The zero-order chi connectivity index (χ0) is 15.0. The van der Waals surface area contributed by atoms with Gasteiger partial charge in [-0.3, -0.25) is 0 Å². The van der Waals surface area contributed by atoms with Gasteiger partial charge < -0.3 is 15.4 Å². The topological polar surface area (TPSA) is 33.3 Å². The summed E-state index contributed by atoms with van der Waals surface area (Å²) in [6.07, 6.45) is 5.82. The van der Waals surface area contributed by atoms with Crippen LogP contribution >= 0.6 is 0 Å². The van der Waals surface area contributed by atoms with Crippen LogP contribution in [0.3, 0.4) is 0 Å². The maximum Gasteiger partial charge on any atom is 0.0666 e. The molecule has 0 bridgehead atoms. The summed E-state index contributed by atoms with van der Waals surface area (Å²) in [6.45, 7) is 14.7. The second kappa shape index (κ2) is 5.58. The molecule has 2 N–H and O–H groups in total. The fourth-order valence-electron chi connectivity index (χ4n) is 4.29. The van der Waals surface area contributed by atoms with Crippen molar-refractivity contribution in [3.05, 3.63) is 0 Å². The van der Waals surface area contributed by atoms with Crippen molar-refractivity contribution >= 4 is 0 Å². The summed E-state index contributed by atoms with van der Waals surface area (Å²) >= 11 is 0. The van der Waals surface area contributed by atoms with E-state index in [4.69, 9.17) is 4.74 Å². The molecule has 3 nitrogen and oxygen atoms in total. The van der Waals surface area contributed by atoms with Crippen LogP contribution in [0.25, 0.3) is 0 Å². The number of piperidine rings is 1. The van der Waals surface area contributed by atoms with E-state index < -0.39 is 0 Å². The average molecular weight is 282 g/mol. The fraction of sp³-hybridized carbons (Fsp3) is 1.00. The van der Waals surface area contributed by atoms with Gasteiger partial charge in [-0.15, -0.1) is 0 Å². The molecule has 0 radical (unpaired) electrons. The van der Waals surface area contributed by atoms with E-state index in [-0.39, 0.29) is 16.7 Å². The lowest BCUT2D eigenvalue weighted by Crippen LogP contribution is -2.63. The third kappa shape index (κ3) is 4.19. The Bertz CT molecular complexity index is 324. The molecule has 0 spiro atoms. The van der Waals surface area contributed by atoms with E-state index in [1.54, 1.807) is 0 Å². The molecule has 2 saturated heterocycles. The van der Waals surface area contributed by atoms with Crippen LogP contribution in [-0.2, 0) is 4.74 Å². The molecule has 2 rings (SSSR count). The Balaban J connectivity index is 1.95. The summed E-state index contributed by atoms with van der Waals surface area (Å²) in [5.41, 5.74) is 0.519. The normalized spacial score (nSPS) is 37.8. The van der Waals surface area contributed by atoms with Gasteiger partial charge in [0.15, 0.2) is 0 Å². The van der Waals surface area contributed by atoms with E-state index in [0.717, 1.165) is 25.9 Å². The summed E-state index contributed by atoms with van der Waals surface area (Å²) in [7, 11) is 0. The first-order chi connectivity index (χ1) is 9.13. The molecule has 2 heterocycles. The predicted molar refractivity (Wildman–Crippen MR) is 85.1 cm³/mol. The van der Waals surface area contributed by atoms with Crippen LogP contribution in [0, 0.1) is 0 Å². The van der Waals surface area contributed by atoms with Crippen LogP contribution in [0.5, 0.6) is 0 Å². The molecule has 0 saturated carbocycles. The smallest absolute Gasteiger partial charge is 0.0666 e. The molecule has 2 unspecified atom stereocenters. The van der Waals surface area contributed by atoms with Crippen molar-refractivity contribution in [1.82, 2.24) is 10.6 Å². The molecule has 20 heavy (non-hydrogen) atoms. The van der Waals surface area contributed by atoms with Gasteiger partial charge in [0.1, 0.15) is 0 Å². The van der Waals surface area contributed by atoms with E-state index in [1.807, 2.05) is 0 Å². The minimum atomic E-state index is 0.0773. The summed E-state index contributed by atoms with van der Waals surface area (Å²) in [5.74, 6) is 0. The van der Waals surface area contributed by atoms with E-state index >= 15 is 0 Å². The maximum absolute atomic E-state index is 5.96. The average Bonchev–Trinajstić information content (AvgIpc) is 2.24. The Morgan fingerprint density at radius 2 is 1.60 bits per heavy atom. The molecule has 2 aliphatic rings. The van der Waals surface area contributed by atoms with Crippen molar-refractivity contribution in [3.63, 3.8) is 0 Å². The van der Waals surface area contributed by atoms with Crippen LogP contribution in [0.4, 0.5) is 0 Å². The predicted octanol–water partition coefficient (Wildman–Crippen LogP) is 3.23. The minimum Gasteiger partial charge on any atom is -0.375 e. The van der Waals surface area contributed by atoms with E-state index in [9.17, 15) is 0 Å². The van der Waals surface area contributed by atoms with Gasteiger partial charge in [0, 0.05) is 29.8 Å². The summed E-state index contributed by atoms with van der Waals surface area (Å²) in [5, 5.41) is 7.70. The van der Waals surface area contributed by atoms with Crippen LogP contribution in [-0.4, -0.2) is 35.4 Å². The lowest BCUT2D eigenvalue weighted by atomic mass is 9.79. The highest BCUT2D eigenvalue weighted by molar-refractivity contribution is 5.00. The summed E-state index contributed by atoms with van der Waals surface area (Å²) in [4.78, 5) is 0. The zero-order valence-corrected chi connectivity index (χ0v) is 14.3. The second-order valence-corrected chi connectivity index (χ2v) is 8.51. The number of hydrogen-bond donors (Lipinski definition) is 2. The first kappa shape index (κ1) is 16.3. The van der Waals surface area contributed by atoms with Gasteiger partial charge in [-0.1, -0.05) is 6.92 Å². The summed E-state index contributed by atoms with van der Waals surface area (Å²) in [6, 6.07) is 1.23. The van der Waals surface area contributed by atoms with Crippen molar-refractivity contribution in [2.45, 2.75) is 102 Å². The number of hydrogen-bond acceptors (Lipinski definition) is 3. The van der Waals surface area contributed by atoms with E-state index in [2.05, 4.69) is 52.2 Å². The lowest BCUT2D eigenvalue weighted by Gasteiger charge is -2.48. The molecule has 2 aliphatic heterocycles. The van der Waals surface area contributed by atoms with Crippen LogP contribution in [0.15, 0.2) is 0 Å². The van der Waals surface area contributed by atoms with E-state index in [0.29, 0.717) is 12.1 Å². The van der Waals surface area contributed by atoms with Gasteiger partial charge >= 0.3 is 0 Å². The first-order valence-corrected chi connectivity index (χ1v) is 8.32. The zero-order valence-electron chi connectivity index (χ0n) is 14.3. The molecule has 0 aromatic heterocycles. The van der Waals surface area contributed by atoms with Gasteiger partial charge in [-0.2, -0.15) is 0 Å². The Morgan fingerprint density at radius 3 is 2.15 bits per heavy atom. The molecular weight excluding hydrogens is 248 g/mol. The molecular formula is C17H34N2O. The Labute approximate surface area is 125 Å². The first-order valence-electron chi connectivity index (χ1n) is 8.32. The quantitative estimate of drug-likeness (QED) is 0.834. The van der Waals surface area contributed by atoms with Crippen molar-refractivity contribution in [1.29, 1.82) is 0 Å². The largest absolute Gasteiger partial charge is 0.375 e.